The average molecular weight is 298 g/mol. The van der Waals surface area contributed by atoms with Crippen molar-refractivity contribution >= 4 is 17.8 Å². The van der Waals surface area contributed by atoms with Gasteiger partial charge in [-0.1, -0.05) is 18.2 Å². The molecule has 0 spiro atoms. The average Bonchev–Trinajstić information content (AvgIpc) is 2.54. The van der Waals surface area contributed by atoms with E-state index in [1.165, 1.54) is 0 Å². The number of hydrogen-bond acceptors (Lipinski definition) is 2. The molecule has 0 radical (unpaired) electrons. The smallest absolute Gasteiger partial charge is 0.316 e. The summed E-state index contributed by atoms with van der Waals surface area (Å²) in [7, 11) is 1.61. The predicted molar refractivity (Wildman–Crippen MR) is 85.9 cm³/mol. The Hall–Kier alpha value is -2.82. The van der Waals surface area contributed by atoms with Crippen molar-refractivity contribution in [1.82, 2.24) is 5.32 Å². The van der Waals surface area contributed by atoms with E-state index >= 15 is 0 Å². The van der Waals surface area contributed by atoms with Crippen molar-refractivity contribution in [3.05, 3.63) is 59.9 Å². The molecule has 114 valence electrons. The fourth-order valence-corrected chi connectivity index (χ4v) is 2.11. The van der Waals surface area contributed by atoms with E-state index in [1.54, 1.807) is 7.11 Å². The van der Waals surface area contributed by atoms with Crippen LogP contribution in [0.1, 0.15) is 18.1 Å². The lowest BCUT2D eigenvalue weighted by Crippen LogP contribution is -2.32. The first-order chi connectivity index (χ1) is 10.6. The Morgan fingerprint density at radius 3 is 2.55 bits per heavy atom. The zero-order chi connectivity index (χ0) is 15.9. The van der Waals surface area contributed by atoms with Gasteiger partial charge in [-0.05, 0) is 19.1 Å². The quantitative estimate of drug-likeness (QED) is 0.831. The topological polar surface area (TPSA) is 68.2 Å². The Morgan fingerprint density at radius 1 is 1.27 bits per heavy atom. The molecular weight excluding hydrogens is 278 g/mol. The summed E-state index contributed by atoms with van der Waals surface area (Å²) >= 11 is 0. The number of nitrogens with zero attached hydrogens (tertiary/aromatic N) is 1. The summed E-state index contributed by atoms with van der Waals surface area (Å²) in [6.45, 7) is 2.95. The van der Waals surface area contributed by atoms with Gasteiger partial charge in [0.05, 0.1) is 12.8 Å². The summed E-state index contributed by atoms with van der Waals surface area (Å²) in [4.78, 5) is 11.3. The Balaban J connectivity index is 2.44. The summed E-state index contributed by atoms with van der Waals surface area (Å²) in [5.41, 5.74) is 7.64. The standard InChI is InChI=1S/C17H19N3O2/c1-3-20-10-8-13(9-11-20)15(19-17(18)21)12-14-6-4-5-7-16(14)22-2/h4-12H,3H2,1-2H3,(H2-,18,19,21)/p+1/b15-12-. The normalized spacial score (nSPS) is 11.1. The van der Waals surface area contributed by atoms with Gasteiger partial charge in [-0.25, -0.2) is 9.36 Å². The SMILES string of the molecule is CC[n+]1ccc(/C(=C/c2ccccc2OC)NC(N)=O)cc1. The first-order valence-corrected chi connectivity index (χ1v) is 7.04. The molecule has 3 N–H and O–H groups in total. The number of ether oxygens (including phenoxy) is 1. The Labute approximate surface area is 130 Å². The maximum Gasteiger partial charge on any atom is 0.316 e. The summed E-state index contributed by atoms with van der Waals surface area (Å²) in [6, 6.07) is 10.8. The fraction of sp³-hybridized carbons (Fsp3) is 0.176. The summed E-state index contributed by atoms with van der Waals surface area (Å²) < 4.78 is 7.37. The van der Waals surface area contributed by atoms with Crippen LogP contribution in [0, 0.1) is 0 Å². The molecular formula is C17H20N3O2+. The Morgan fingerprint density at radius 2 is 1.95 bits per heavy atom. The van der Waals surface area contributed by atoms with Crippen LogP contribution in [0.25, 0.3) is 11.8 Å². The molecule has 0 aliphatic carbocycles. The molecule has 1 heterocycles. The first-order valence-electron chi connectivity index (χ1n) is 7.04. The molecule has 0 saturated heterocycles. The molecule has 0 saturated carbocycles. The van der Waals surface area contributed by atoms with E-state index in [2.05, 4.69) is 12.2 Å². The number of primary amides is 1. The second-order valence-electron chi connectivity index (χ2n) is 4.71. The third-order valence-corrected chi connectivity index (χ3v) is 3.26. The van der Waals surface area contributed by atoms with Gasteiger partial charge in [0.25, 0.3) is 0 Å². The van der Waals surface area contributed by atoms with Crippen LogP contribution < -0.4 is 20.4 Å². The molecule has 5 heteroatoms. The summed E-state index contributed by atoms with van der Waals surface area (Å²) in [6.07, 6.45) is 5.75. The van der Waals surface area contributed by atoms with Gasteiger partial charge in [0, 0.05) is 23.3 Å². The molecule has 1 aromatic heterocycles. The number of rotatable bonds is 5. The second-order valence-corrected chi connectivity index (χ2v) is 4.71. The van der Waals surface area contributed by atoms with Crippen molar-refractivity contribution < 1.29 is 14.1 Å². The number of carbonyl (C=O) groups excluding carboxylic acids is 1. The Bertz CT molecular complexity index is 679. The number of benzene rings is 1. The van der Waals surface area contributed by atoms with Gasteiger partial charge in [-0.3, -0.25) is 0 Å². The number of amides is 2. The van der Waals surface area contributed by atoms with Crippen molar-refractivity contribution in [3.8, 4) is 5.75 Å². The molecule has 2 aromatic rings. The number of urea groups is 1. The number of aryl methyl sites for hydroxylation is 1. The highest BCUT2D eigenvalue weighted by Crippen LogP contribution is 2.22. The highest BCUT2D eigenvalue weighted by atomic mass is 16.5. The lowest BCUT2D eigenvalue weighted by molar-refractivity contribution is -0.693. The molecule has 0 fully saturated rings. The van der Waals surface area contributed by atoms with Crippen LogP contribution in [-0.2, 0) is 6.54 Å². The van der Waals surface area contributed by atoms with E-state index in [-0.39, 0.29) is 0 Å². The minimum atomic E-state index is -0.603. The third kappa shape index (κ3) is 3.85. The van der Waals surface area contributed by atoms with E-state index < -0.39 is 6.03 Å². The lowest BCUT2D eigenvalue weighted by Gasteiger charge is -2.10. The van der Waals surface area contributed by atoms with Crippen LogP contribution in [0.5, 0.6) is 5.75 Å². The minimum absolute atomic E-state index is 0.603. The molecule has 0 atom stereocenters. The van der Waals surface area contributed by atoms with Crippen molar-refractivity contribution in [2.45, 2.75) is 13.5 Å². The number of nitrogens with two attached hydrogens (primary N) is 1. The molecule has 0 bridgehead atoms. The molecule has 0 aliphatic rings. The molecule has 2 rings (SSSR count). The molecule has 0 aliphatic heterocycles. The number of methoxy groups -OCH3 is 1. The maximum absolute atomic E-state index is 11.3. The molecule has 5 nitrogen and oxygen atoms in total. The number of hydrogen-bond donors (Lipinski definition) is 2. The zero-order valence-corrected chi connectivity index (χ0v) is 12.7. The molecule has 2 amide bonds. The second kappa shape index (κ2) is 7.26. The largest absolute Gasteiger partial charge is 0.496 e. The van der Waals surface area contributed by atoms with E-state index in [0.717, 1.165) is 23.4 Å². The molecule has 0 unspecified atom stereocenters. The number of carbonyl (C=O) groups is 1. The minimum Gasteiger partial charge on any atom is -0.496 e. The van der Waals surface area contributed by atoms with E-state index in [4.69, 9.17) is 10.5 Å². The Kier molecular flexibility index (Phi) is 5.14. The van der Waals surface area contributed by atoms with Crippen molar-refractivity contribution in [1.29, 1.82) is 0 Å². The fourth-order valence-electron chi connectivity index (χ4n) is 2.11. The highest BCUT2D eigenvalue weighted by molar-refractivity contribution is 5.91. The van der Waals surface area contributed by atoms with Gasteiger partial charge in [0.1, 0.15) is 12.3 Å². The molecule has 1 aromatic carbocycles. The van der Waals surface area contributed by atoms with Crippen LogP contribution in [0.2, 0.25) is 0 Å². The summed E-state index contributed by atoms with van der Waals surface area (Å²) in [5, 5.41) is 2.67. The number of para-hydroxylation sites is 1. The van der Waals surface area contributed by atoms with Crippen molar-refractivity contribution in [2.24, 2.45) is 5.73 Å². The van der Waals surface area contributed by atoms with Crippen LogP contribution in [-0.4, -0.2) is 13.1 Å². The van der Waals surface area contributed by atoms with Crippen LogP contribution in [0.3, 0.4) is 0 Å². The number of aromatic nitrogens is 1. The van der Waals surface area contributed by atoms with E-state index in [9.17, 15) is 4.79 Å². The zero-order valence-electron chi connectivity index (χ0n) is 12.7. The van der Waals surface area contributed by atoms with Crippen molar-refractivity contribution in [3.63, 3.8) is 0 Å². The van der Waals surface area contributed by atoms with Crippen LogP contribution in [0.15, 0.2) is 48.8 Å². The van der Waals surface area contributed by atoms with Crippen molar-refractivity contribution in [2.75, 3.05) is 7.11 Å². The van der Waals surface area contributed by atoms with Gasteiger partial charge in [-0.2, -0.15) is 0 Å². The van der Waals surface area contributed by atoms with Crippen LogP contribution in [0.4, 0.5) is 4.79 Å². The van der Waals surface area contributed by atoms with Gasteiger partial charge >= 0.3 is 6.03 Å². The van der Waals surface area contributed by atoms with Crippen LogP contribution >= 0.6 is 0 Å². The third-order valence-electron chi connectivity index (χ3n) is 3.26. The van der Waals surface area contributed by atoms with Gasteiger partial charge in [0.15, 0.2) is 12.4 Å². The van der Waals surface area contributed by atoms with Gasteiger partial charge < -0.3 is 15.8 Å². The first kappa shape index (κ1) is 15.6. The lowest BCUT2D eigenvalue weighted by atomic mass is 10.1. The van der Waals surface area contributed by atoms with E-state index in [0.29, 0.717) is 5.70 Å². The highest BCUT2D eigenvalue weighted by Gasteiger charge is 2.08. The monoisotopic (exact) mass is 298 g/mol. The van der Waals surface area contributed by atoms with Gasteiger partial charge in [0.2, 0.25) is 0 Å². The number of pyridine rings is 1. The maximum atomic E-state index is 11.3. The predicted octanol–water partition coefficient (Wildman–Crippen LogP) is 2.17. The summed E-state index contributed by atoms with van der Waals surface area (Å²) in [5.74, 6) is 0.728. The number of nitrogens with one attached hydrogen (secondary N) is 1. The van der Waals surface area contributed by atoms with Gasteiger partial charge in [-0.15, -0.1) is 0 Å². The molecule has 22 heavy (non-hydrogen) atoms. The van der Waals surface area contributed by atoms with E-state index in [1.807, 2.05) is 59.4 Å².